The van der Waals surface area contributed by atoms with Gasteiger partial charge in [0.05, 0.1) is 24.4 Å². The molecule has 1 aliphatic rings. The molecule has 1 heterocycles. The third-order valence-electron chi connectivity index (χ3n) is 18.0. The Labute approximate surface area is 548 Å². The van der Waals surface area contributed by atoms with Crippen LogP contribution < -0.4 is 0 Å². The van der Waals surface area contributed by atoms with E-state index in [0.29, 0.717) is 52.2 Å². The highest BCUT2D eigenvalue weighted by Crippen LogP contribution is 2.23. The SMILES string of the molecule is CCCCCCCC/C=C\CCCCCCC(O)CN(CCCSSCCN1CCN(CCOC(=O)CCCN(CC(O)CCCCCCCCCC)CC(O)CCCCCCCCCC)CC1)CC(O)CCCCCC/C=C\CCCCCCCC. The lowest BCUT2D eigenvalue weighted by Crippen LogP contribution is -2.47. The summed E-state index contributed by atoms with van der Waals surface area (Å²) < 4.78 is 5.74. The maximum Gasteiger partial charge on any atom is 0.305 e. The van der Waals surface area contributed by atoms with Gasteiger partial charge in [0.15, 0.2) is 0 Å². The highest BCUT2D eigenvalue weighted by atomic mass is 33.1. The minimum absolute atomic E-state index is 0.146. The molecule has 0 aromatic carbocycles. The summed E-state index contributed by atoms with van der Waals surface area (Å²) in [5, 5.41) is 44.4. The molecule has 516 valence electrons. The second-order valence-electron chi connectivity index (χ2n) is 26.7. The van der Waals surface area contributed by atoms with Gasteiger partial charge < -0.3 is 25.2 Å². The molecular weight excluding hydrogens is 1120 g/mol. The topological polar surface area (TPSA) is 120 Å². The first kappa shape index (κ1) is 84.3. The van der Waals surface area contributed by atoms with E-state index in [1.807, 2.05) is 21.6 Å². The molecule has 0 bridgehead atoms. The van der Waals surface area contributed by atoms with E-state index in [1.54, 1.807) is 0 Å². The van der Waals surface area contributed by atoms with Crippen molar-refractivity contribution >= 4 is 27.6 Å². The van der Waals surface area contributed by atoms with Crippen molar-refractivity contribution in [2.75, 3.05) is 96.6 Å². The largest absolute Gasteiger partial charge is 0.464 e. The van der Waals surface area contributed by atoms with E-state index in [9.17, 15) is 25.2 Å². The lowest BCUT2D eigenvalue weighted by atomic mass is 10.0. The molecule has 1 fully saturated rings. The molecule has 87 heavy (non-hydrogen) atoms. The first-order chi connectivity index (χ1) is 42.7. The fraction of sp³-hybridized carbons (Fsp3) is 0.933. The average Bonchev–Trinajstić information content (AvgIpc) is 3.61. The zero-order valence-corrected chi connectivity index (χ0v) is 59.8. The fourth-order valence-electron chi connectivity index (χ4n) is 12.3. The summed E-state index contributed by atoms with van der Waals surface area (Å²) in [4.78, 5) is 22.4. The number of nitrogens with zero attached hydrogens (tertiary/aromatic N) is 4. The minimum Gasteiger partial charge on any atom is -0.464 e. The van der Waals surface area contributed by atoms with Crippen LogP contribution in [0.5, 0.6) is 0 Å². The number of allylic oxidation sites excluding steroid dienone is 4. The van der Waals surface area contributed by atoms with Crippen LogP contribution in [0.2, 0.25) is 0 Å². The molecule has 0 aromatic heterocycles. The van der Waals surface area contributed by atoms with Crippen LogP contribution in [-0.2, 0) is 9.53 Å². The number of unbranched alkanes of at least 4 members (excludes halogenated alkanes) is 34. The van der Waals surface area contributed by atoms with E-state index >= 15 is 0 Å². The Morgan fingerprint density at radius 1 is 0.379 bits per heavy atom. The second kappa shape index (κ2) is 66.8. The predicted octanol–water partition coefficient (Wildman–Crippen LogP) is 19.1. The number of hydrogen-bond donors (Lipinski definition) is 4. The van der Waals surface area contributed by atoms with E-state index in [0.717, 1.165) is 115 Å². The van der Waals surface area contributed by atoms with Crippen LogP contribution in [0, 0.1) is 0 Å². The Balaban J connectivity index is 2.42. The normalized spacial score (nSPS) is 15.1. The molecule has 0 radical (unpaired) electrons. The van der Waals surface area contributed by atoms with Crippen molar-refractivity contribution in [1.82, 2.24) is 19.6 Å². The molecule has 1 rings (SSSR count). The molecule has 1 aliphatic heterocycles. The van der Waals surface area contributed by atoms with Crippen molar-refractivity contribution in [3.8, 4) is 0 Å². The molecule has 1 saturated heterocycles. The van der Waals surface area contributed by atoms with Gasteiger partial charge in [-0.15, -0.1) is 0 Å². The van der Waals surface area contributed by atoms with Crippen molar-refractivity contribution in [1.29, 1.82) is 0 Å². The van der Waals surface area contributed by atoms with Gasteiger partial charge >= 0.3 is 5.97 Å². The van der Waals surface area contributed by atoms with E-state index in [1.165, 1.54) is 231 Å². The first-order valence-electron chi connectivity index (χ1n) is 38.0. The third kappa shape index (κ3) is 60.1. The van der Waals surface area contributed by atoms with Gasteiger partial charge in [0.25, 0.3) is 0 Å². The van der Waals surface area contributed by atoms with Crippen LogP contribution in [0.25, 0.3) is 0 Å². The van der Waals surface area contributed by atoms with Crippen molar-refractivity contribution in [3.05, 3.63) is 24.3 Å². The minimum atomic E-state index is -0.407. The fourth-order valence-corrected chi connectivity index (χ4v) is 14.4. The van der Waals surface area contributed by atoms with Crippen molar-refractivity contribution in [2.45, 2.75) is 354 Å². The van der Waals surface area contributed by atoms with Gasteiger partial charge in [0.1, 0.15) is 6.61 Å². The maximum atomic E-state index is 12.9. The molecule has 12 heteroatoms. The van der Waals surface area contributed by atoms with Gasteiger partial charge in [-0.1, -0.05) is 279 Å². The Morgan fingerprint density at radius 2 is 0.667 bits per heavy atom. The van der Waals surface area contributed by atoms with Gasteiger partial charge in [0, 0.05) is 83.4 Å². The van der Waals surface area contributed by atoms with E-state index in [4.69, 9.17) is 4.74 Å². The number of ether oxygens (including phenoxy) is 1. The summed E-state index contributed by atoms with van der Waals surface area (Å²) in [5.41, 5.74) is 0. The summed E-state index contributed by atoms with van der Waals surface area (Å²) in [6.07, 6.45) is 64.1. The lowest BCUT2D eigenvalue weighted by Gasteiger charge is -2.34. The Morgan fingerprint density at radius 3 is 1.01 bits per heavy atom. The first-order valence-corrected chi connectivity index (χ1v) is 40.5. The van der Waals surface area contributed by atoms with Crippen molar-refractivity contribution in [2.24, 2.45) is 0 Å². The maximum absolute atomic E-state index is 12.9. The van der Waals surface area contributed by atoms with Crippen LogP contribution in [0.1, 0.15) is 329 Å². The quantitative estimate of drug-likeness (QED) is 0.0201. The van der Waals surface area contributed by atoms with Crippen LogP contribution in [-0.4, -0.2) is 167 Å². The van der Waals surface area contributed by atoms with Gasteiger partial charge in [-0.05, 0) is 103 Å². The Bertz CT molecular complexity index is 1380. The lowest BCUT2D eigenvalue weighted by molar-refractivity contribution is -0.144. The molecule has 0 saturated carbocycles. The predicted molar refractivity (Wildman–Crippen MR) is 384 cm³/mol. The number of esters is 1. The van der Waals surface area contributed by atoms with E-state index in [2.05, 4.69) is 71.6 Å². The highest BCUT2D eigenvalue weighted by Gasteiger charge is 2.20. The summed E-state index contributed by atoms with van der Waals surface area (Å²) in [6, 6.07) is 0. The number of rotatable bonds is 69. The van der Waals surface area contributed by atoms with Crippen LogP contribution in [0.4, 0.5) is 0 Å². The number of carbonyl (C=O) groups is 1. The van der Waals surface area contributed by atoms with Gasteiger partial charge in [-0.2, -0.15) is 0 Å². The van der Waals surface area contributed by atoms with E-state index < -0.39 is 12.2 Å². The zero-order valence-electron chi connectivity index (χ0n) is 58.2. The highest BCUT2D eigenvalue weighted by molar-refractivity contribution is 8.76. The second-order valence-corrected chi connectivity index (χ2v) is 29.4. The van der Waals surface area contributed by atoms with E-state index in [-0.39, 0.29) is 18.2 Å². The summed E-state index contributed by atoms with van der Waals surface area (Å²) >= 11 is 0. The summed E-state index contributed by atoms with van der Waals surface area (Å²) in [7, 11) is 3.94. The Hall–Kier alpha value is -0.670. The molecule has 4 N–H and O–H groups in total. The van der Waals surface area contributed by atoms with Crippen LogP contribution >= 0.6 is 21.6 Å². The average molecular weight is 1270 g/mol. The zero-order chi connectivity index (χ0) is 63.0. The number of hydrogen-bond acceptors (Lipinski definition) is 12. The van der Waals surface area contributed by atoms with Gasteiger partial charge in [-0.25, -0.2) is 0 Å². The summed E-state index contributed by atoms with van der Waals surface area (Å²) in [6.45, 7) is 19.5. The van der Waals surface area contributed by atoms with Crippen molar-refractivity contribution in [3.63, 3.8) is 0 Å². The number of aliphatic hydroxyl groups is 4. The van der Waals surface area contributed by atoms with Gasteiger partial charge in [-0.3, -0.25) is 24.4 Å². The number of aliphatic hydroxyl groups excluding tert-OH is 4. The molecule has 4 unspecified atom stereocenters. The molecule has 10 nitrogen and oxygen atoms in total. The monoisotopic (exact) mass is 1270 g/mol. The standard InChI is InChI=1S/C75H148N4O6S2/c1-5-9-13-17-21-25-27-29-31-33-35-39-43-47-53-73(82)69-79(70-74(83)54-48-44-40-36-34-32-30-28-26-22-18-14-10-6-2)57-50-65-86-87-66-63-77-60-58-76(59-61-77)62-64-85-75(84)55-49-56-78(67-71(80)51-45-41-37-23-19-15-11-7-3)68-72(81)52-46-42-38-24-20-16-12-8-4/h29-32,71-74,80-83H,5-28,33-70H2,1-4H3/b31-29-,32-30-. The molecule has 0 aromatic rings. The molecule has 0 aliphatic carbocycles. The third-order valence-corrected chi connectivity index (χ3v) is 20.5. The van der Waals surface area contributed by atoms with Crippen LogP contribution in [0.15, 0.2) is 24.3 Å². The van der Waals surface area contributed by atoms with Crippen molar-refractivity contribution < 1.29 is 30.0 Å². The molecule has 0 spiro atoms. The number of carbonyl (C=O) groups excluding carboxylic acids is 1. The molecule has 0 amide bonds. The van der Waals surface area contributed by atoms with Crippen LogP contribution in [0.3, 0.4) is 0 Å². The smallest absolute Gasteiger partial charge is 0.305 e. The van der Waals surface area contributed by atoms with Gasteiger partial charge in [0.2, 0.25) is 0 Å². The molecule has 4 atom stereocenters. The summed E-state index contributed by atoms with van der Waals surface area (Å²) in [5.74, 6) is 2.03. The Kier molecular flexibility index (Phi) is 64.7. The number of piperazine rings is 1. The molecular formula is C75H148N4O6S2.